The van der Waals surface area contributed by atoms with Crippen LogP contribution in [0.5, 0.6) is 0 Å². The van der Waals surface area contributed by atoms with E-state index in [9.17, 15) is 0 Å². The van der Waals surface area contributed by atoms with E-state index in [4.69, 9.17) is 5.84 Å². The topological polar surface area (TPSA) is 55.9 Å². The van der Waals surface area contributed by atoms with Gasteiger partial charge in [-0.25, -0.2) is 0 Å². The molecule has 1 atom stereocenters. The first-order chi connectivity index (χ1) is 9.30. The number of hydrogen-bond acceptors (Lipinski definition) is 3. The average Bonchev–Trinajstić information content (AvgIpc) is 2.89. The first-order valence-corrected chi connectivity index (χ1v) is 7.77. The molecule has 0 aliphatic carbocycles. The summed E-state index contributed by atoms with van der Waals surface area (Å²) in [5.41, 5.74) is 4.22. The number of nitrogens with one attached hydrogen (secondary N) is 1. The minimum absolute atomic E-state index is 0.376. The van der Waals surface area contributed by atoms with Crippen LogP contribution in [0.3, 0.4) is 0 Å². The van der Waals surface area contributed by atoms with Crippen molar-refractivity contribution in [3.05, 3.63) is 18.0 Å². The van der Waals surface area contributed by atoms with Crippen molar-refractivity contribution in [2.24, 2.45) is 5.84 Å². The van der Waals surface area contributed by atoms with E-state index >= 15 is 0 Å². The fourth-order valence-electron chi connectivity index (χ4n) is 2.38. The monoisotopic (exact) mass is 266 g/mol. The van der Waals surface area contributed by atoms with Gasteiger partial charge < -0.3 is 0 Å². The van der Waals surface area contributed by atoms with Gasteiger partial charge in [0.25, 0.3) is 0 Å². The first kappa shape index (κ1) is 16.2. The molecule has 1 rings (SSSR count). The quantitative estimate of drug-likeness (QED) is 0.368. The molecule has 0 fully saturated rings. The lowest BCUT2D eigenvalue weighted by Crippen LogP contribution is -2.36. The van der Waals surface area contributed by atoms with Gasteiger partial charge in [-0.2, -0.15) is 5.10 Å². The predicted molar refractivity (Wildman–Crippen MR) is 80.7 cm³/mol. The van der Waals surface area contributed by atoms with Crippen molar-refractivity contribution in [3.8, 4) is 0 Å². The van der Waals surface area contributed by atoms with Gasteiger partial charge in [0, 0.05) is 18.8 Å². The van der Waals surface area contributed by atoms with E-state index in [2.05, 4.69) is 30.6 Å². The summed E-state index contributed by atoms with van der Waals surface area (Å²) in [5.74, 6) is 5.65. The zero-order valence-electron chi connectivity index (χ0n) is 12.6. The number of unbranched alkanes of at least 4 members (excludes halogenated alkanes) is 5. The van der Waals surface area contributed by atoms with E-state index < -0.39 is 0 Å². The van der Waals surface area contributed by atoms with Gasteiger partial charge in [-0.1, -0.05) is 45.4 Å². The molecule has 0 aromatic carbocycles. The van der Waals surface area contributed by atoms with Crippen LogP contribution in [0.4, 0.5) is 0 Å². The Labute approximate surface area is 117 Å². The van der Waals surface area contributed by atoms with Crippen LogP contribution in [0.2, 0.25) is 0 Å². The molecule has 0 amide bonds. The minimum atomic E-state index is 0.376. The third kappa shape index (κ3) is 6.73. The summed E-state index contributed by atoms with van der Waals surface area (Å²) in [6.07, 6.45) is 14.2. The van der Waals surface area contributed by atoms with E-state index in [1.54, 1.807) is 0 Å². The van der Waals surface area contributed by atoms with Gasteiger partial charge >= 0.3 is 0 Å². The summed E-state index contributed by atoms with van der Waals surface area (Å²) in [4.78, 5) is 0. The van der Waals surface area contributed by atoms with Crippen LogP contribution >= 0.6 is 0 Å². The molecule has 1 aromatic heterocycles. The van der Waals surface area contributed by atoms with E-state index in [-0.39, 0.29) is 0 Å². The number of aryl methyl sites for hydroxylation is 1. The van der Waals surface area contributed by atoms with Crippen LogP contribution in [-0.4, -0.2) is 15.8 Å². The van der Waals surface area contributed by atoms with Crippen molar-refractivity contribution in [1.82, 2.24) is 15.2 Å². The summed E-state index contributed by atoms with van der Waals surface area (Å²) in [5, 5.41) is 4.30. The third-order valence-electron chi connectivity index (χ3n) is 3.63. The molecule has 1 aromatic rings. The Morgan fingerprint density at radius 3 is 2.58 bits per heavy atom. The summed E-state index contributed by atoms with van der Waals surface area (Å²) >= 11 is 0. The second-order valence-electron chi connectivity index (χ2n) is 5.33. The van der Waals surface area contributed by atoms with Crippen molar-refractivity contribution in [3.63, 3.8) is 0 Å². The van der Waals surface area contributed by atoms with Gasteiger partial charge in [-0.05, 0) is 25.3 Å². The highest BCUT2D eigenvalue weighted by atomic mass is 15.3. The van der Waals surface area contributed by atoms with E-state index in [1.807, 2.05) is 10.9 Å². The molecule has 0 saturated heterocycles. The van der Waals surface area contributed by atoms with Crippen LogP contribution in [0.15, 0.2) is 12.4 Å². The second-order valence-corrected chi connectivity index (χ2v) is 5.33. The lowest BCUT2D eigenvalue weighted by atomic mass is 10.0. The van der Waals surface area contributed by atoms with Gasteiger partial charge in [0.15, 0.2) is 0 Å². The fourth-order valence-corrected chi connectivity index (χ4v) is 2.38. The highest BCUT2D eigenvalue weighted by molar-refractivity contribution is 5.06. The molecule has 3 N–H and O–H groups in total. The smallest absolute Gasteiger partial charge is 0.0522 e. The maximum Gasteiger partial charge on any atom is 0.0522 e. The molecule has 0 aliphatic rings. The van der Waals surface area contributed by atoms with Crippen LogP contribution in [0.1, 0.15) is 64.4 Å². The van der Waals surface area contributed by atoms with Gasteiger partial charge in [0.1, 0.15) is 0 Å². The highest BCUT2D eigenvalue weighted by Crippen LogP contribution is 2.11. The number of hydrazine groups is 1. The second kappa shape index (κ2) is 9.98. The molecule has 110 valence electrons. The van der Waals surface area contributed by atoms with Crippen molar-refractivity contribution in [1.29, 1.82) is 0 Å². The lowest BCUT2D eigenvalue weighted by Gasteiger charge is -2.14. The van der Waals surface area contributed by atoms with Crippen LogP contribution in [0.25, 0.3) is 0 Å². The molecule has 4 nitrogen and oxygen atoms in total. The third-order valence-corrected chi connectivity index (χ3v) is 3.63. The van der Waals surface area contributed by atoms with E-state index in [0.717, 1.165) is 19.4 Å². The fraction of sp³-hybridized carbons (Fsp3) is 0.800. The van der Waals surface area contributed by atoms with Crippen LogP contribution < -0.4 is 11.3 Å². The molecule has 0 aliphatic heterocycles. The highest BCUT2D eigenvalue weighted by Gasteiger charge is 2.08. The Morgan fingerprint density at radius 2 is 1.95 bits per heavy atom. The number of nitrogens with two attached hydrogens (primary N) is 1. The molecular weight excluding hydrogens is 236 g/mol. The molecule has 0 radical (unpaired) electrons. The summed E-state index contributed by atoms with van der Waals surface area (Å²) in [6, 6.07) is 0.376. The van der Waals surface area contributed by atoms with Gasteiger partial charge in [0.05, 0.1) is 6.20 Å². The number of nitrogens with zero attached hydrogens (tertiary/aromatic N) is 2. The van der Waals surface area contributed by atoms with Crippen LogP contribution in [-0.2, 0) is 13.0 Å². The lowest BCUT2D eigenvalue weighted by molar-refractivity contribution is 0.459. The minimum Gasteiger partial charge on any atom is -0.273 e. The van der Waals surface area contributed by atoms with E-state index in [0.29, 0.717) is 6.04 Å². The van der Waals surface area contributed by atoms with Crippen molar-refractivity contribution in [2.75, 3.05) is 0 Å². The maximum absolute atomic E-state index is 5.65. The summed E-state index contributed by atoms with van der Waals surface area (Å²) in [7, 11) is 0. The SMILES string of the molecule is CCCCCCCCC(Cc1cnn(CC)c1)NN. The Bertz CT molecular complexity index is 322. The Morgan fingerprint density at radius 1 is 1.21 bits per heavy atom. The predicted octanol–water partition coefficient (Wildman–Crippen LogP) is 3.03. The average molecular weight is 266 g/mol. The van der Waals surface area contributed by atoms with E-state index in [1.165, 1.54) is 44.1 Å². The Kier molecular flexibility index (Phi) is 8.50. The Hall–Kier alpha value is -0.870. The number of rotatable bonds is 11. The van der Waals surface area contributed by atoms with Crippen LogP contribution in [0, 0.1) is 0 Å². The number of hydrogen-bond donors (Lipinski definition) is 2. The molecule has 19 heavy (non-hydrogen) atoms. The van der Waals surface area contributed by atoms with Gasteiger partial charge in [-0.15, -0.1) is 0 Å². The molecule has 0 saturated carbocycles. The first-order valence-electron chi connectivity index (χ1n) is 7.77. The van der Waals surface area contributed by atoms with Gasteiger partial charge in [0.2, 0.25) is 0 Å². The molecule has 0 bridgehead atoms. The largest absolute Gasteiger partial charge is 0.273 e. The zero-order chi connectivity index (χ0) is 13.9. The van der Waals surface area contributed by atoms with Crippen molar-refractivity contribution >= 4 is 0 Å². The molecule has 1 heterocycles. The molecule has 4 heteroatoms. The zero-order valence-corrected chi connectivity index (χ0v) is 12.6. The molecule has 0 spiro atoms. The number of aromatic nitrogens is 2. The van der Waals surface area contributed by atoms with Gasteiger partial charge in [-0.3, -0.25) is 16.0 Å². The Balaban J connectivity index is 2.18. The normalized spacial score (nSPS) is 12.8. The summed E-state index contributed by atoms with van der Waals surface area (Å²) < 4.78 is 1.97. The maximum atomic E-state index is 5.65. The molecule has 1 unspecified atom stereocenters. The van der Waals surface area contributed by atoms with Crippen molar-refractivity contribution in [2.45, 2.75) is 77.8 Å². The van der Waals surface area contributed by atoms with Crippen molar-refractivity contribution < 1.29 is 0 Å². The standard InChI is InChI=1S/C15H30N4/c1-3-5-6-7-8-9-10-15(18-16)11-14-12-17-19(4-2)13-14/h12-13,15,18H,3-11,16H2,1-2H3. The summed E-state index contributed by atoms with van der Waals surface area (Å²) in [6.45, 7) is 5.29. The molecular formula is C15H30N4.